The fourth-order valence-electron chi connectivity index (χ4n) is 2.29. The highest BCUT2D eigenvalue weighted by Gasteiger charge is 2.23. The van der Waals surface area contributed by atoms with Crippen LogP contribution in [-0.4, -0.2) is 15.6 Å². The van der Waals surface area contributed by atoms with Gasteiger partial charge in [0.15, 0.2) is 0 Å². The minimum atomic E-state index is -0.756. The maximum absolute atomic E-state index is 11.3. The van der Waals surface area contributed by atoms with Gasteiger partial charge in [0, 0.05) is 18.8 Å². The van der Waals surface area contributed by atoms with Crippen molar-refractivity contribution in [2.75, 3.05) is 0 Å². The van der Waals surface area contributed by atoms with E-state index >= 15 is 0 Å². The molecule has 1 atom stereocenters. The van der Waals surface area contributed by atoms with Gasteiger partial charge >= 0.3 is 5.97 Å². The lowest BCUT2D eigenvalue weighted by Gasteiger charge is -2.16. The Labute approximate surface area is 101 Å². The van der Waals surface area contributed by atoms with Crippen LogP contribution in [0.2, 0.25) is 0 Å². The maximum Gasteiger partial charge on any atom is 0.311 e. The second kappa shape index (κ2) is 4.24. The SMILES string of the molecule is CC(C)C(C(=O)O)c1ccc2ccn(C)c2c1. The summed E-state index contributed by atoms with van der Waals surface area (Å²) in [6.07, 6.45) is 1.99. The van der Waals surface area contributed by atoms with Gasteiger partial charge in [0.05, 0.1) is 5.92 Å². The van der Waals surface area contributed by atoms with Crippen LogP contribution in [0.5, 0.6) is 0 Å². The van der Waals surface area contributed by atoms with Gasteiger partial charge in [-0.15, -0.1) is 0 Å². The molecule has 0 aliphatic heterocycles. The van der Waals surface area contributed by atoms with E-state index in [0.29, 0.717) is 0 Å². The quantitative estimate of drug-likeness (QED) is 0.882. The number of aromatic nitrogens is 1. The normalized spacial score (nSPS) is 13.2. The zero-order valence-corrected chi connectivity index (χ0v) is 10.3. The predicted molar refractivity (Wildman–Crippen MR) is 68.1 cm³/mol. The highest BCUT2D eigenvalue weighted by Crippen LogP contribution is 2.27. The summed E-state index contributed by atoms with van der Waals surface area (Å²) in [5.74, 6) is -1.10. The molecule has 1 unspecified atom stereocenters. The number of aryl methyl sites for hydroxylation is 1. The number of benzene rings is 1. The summed E-state index contributed by atoms with van der Waals surface area (Å²) in [5.41, 5.74) is 1.95. The van der Waals surface area contributed by atoms with Crippen LogP contribution in [0.1, 0.15) is 25.3 Å². The van der Waals surface area contributed by atoms with Gasteiger partial charge in [-0.3, -0.25) is 4.79 Å². The van der Waals surface area contributed by atoms with Gasteiger partial charge in [-0.25, -0.2) is 0 Å². The second-order valence-electron chi connectivity index (χ2n) is 4.80. The summed E-state index contributed by atoms with van der Waals surface area (Å²) in [4.78, 5) is 11.3. The second-order valence-corrected chi connectivity index (χ2v) is 4.80. The number of hydrogen-bond donors (Lipinski definition) is 1. The van der Waals surface area contributed by atoms with Crippen LogP contribution in [0.4, 0.5) is 0 Å². The molecule has 0 bridgehead atoms. The van der Waals surface area contributed by atoms with Gasteiger partial charge in [-0.05, 0) is 29.0 Å². The molecule has 0 aliphatic rings. The van der Waals surface area contributed by atoms with Gasteiger partial charge in [0.2, 0.25) is 0 Å². The van der Waals surface area contributed by atoms with Crippen LogP contribution in [0.25, 0.3) is 10.9 Å². The zero-order valence-electron chi connectivity index (χ0n) is 10.3. The van der Waals surface area contributed by atoms with E-state index in [-0.39, 0.29) is 5.92 Å². The molecule has 0 saturated heterocycles. The van der Waals surface area contributed by atoms with Crippen molar-refractivity contribution in [1.29, 1.82) is 0 Å². The molecule has 17 heavy (non-hydrogen) atoms. The number of fused-ring (bicyclic) bond motifs is 1. The Morgan fingerprint density at radius 3 is 2.59 bits per heavy atom. The number of rotatable bonds is 3. The van der Waals surface area contributed by atoms with Crippen molar-refractivity contribution in [2.24, 2.45) is 13.0 Å². The summed E-state index contributed by atoms with van der Waals surface area (Å²) in [5, 5.41) is 10.4. The number of aliphatic carboxylic acids is 1. The summed E-state index contributed by atoms with van der Waals surface area (Å²) < 4.78 is 2.01. The van der Waals surface area contributed by atoms with Gasteiger partial charge < -0.3 is 9.67 Å². The van der Waals surface area contributed by atoms with Gasteiger partial charge in [0.1, 0.15) is 0 Å². The third-order valence-corrected chi connectivity index (χ3v) is 3.20. The first-order valence-corrected chi connectivity index (χ1v) is 5.78. The Morgan fingerprint density at radius 1 is 1.29 bits per heavy atom. The molecule has 0 saturated carbocycles. The molecule has 0 radical (unpaired) electrons. The van der Waals surface area contributed by atoms with Crippen molar-refractivity contribution in [3.63, 3.8) is 0 Å². The largest absolute Gasteiger partial charge is 0.481 e. The fraction of sp³-hybridized carbons (Fsp3) is 0.357. The van der Waals surface area contributed by atoms with Crippen molar-refractivity contribution in [1.82, 2.24) is 4.57 Å². The molecule has 0 spiro atoms. The Morgan fingerprint density at radius 2 is 2.00 bits per heavy atom. The van der Waals surface area contributed by atoms with Crippen LogP contribution in [-0.2, 0) is 11.8 Å². The van der Waals surface area contributed by atoms with Crippen LogP contribution >= 0.6 is 0 Å². The van der Waals surface area contributed by atoms with Crippen LogP contribution in [0.15, 0.2) is 30.5 Å². The van der Waals surface area contributed by atoms with E-state index in [9.17, 15) is 9.90 Å². The lowest BCUT2D eigenvalue weighted by atomic mass is 9.88. The lowest BCUT2D eigenvalue weighted by molar-refractivity contribution is -0.139. The van der Waals surface area contributed by atoms with Gasteiger partial charge in [0.25, 0.3) is 0 Å². The lowest BCUT2D eigenvalue weighted by Crippen LogP contribution is -2.17. The van der Waals surface area contributed by atoms with Crippen LogP contribution in [0.3, 0.4) is 0 Å². The Hall–Kier alpha value is -1.77. The van der Waals surface area contributed by atoms with E-state index in [1.165, 1.54) is 0 Å². The Bertz CT molecular complexity index is 554. The Balaban J connectivity index is 2.54. The molecule has 1 N–H and O–H groups in total. The molecule has 90 valence electrons. The first-order chi connectivity index (χ1) is 8.00. The van der Waals surface area contributed by atoms with Crippen molar-refractivity contribution in [2.45, 2.75) is 19.8 Å². The molecule has 1 aromatic heterocycles. The standard InChI is InChI=1S/C14H17NO2/c1-9(2)13(14(16)17)11-5-4-10-6-7-15(3)12(10)8-11/h4-9,13H,1-3H3,(H,16,17). The fourth-order valence-corrected chi connectivity index (χ4v) is 2.29. The maximum atomic E-state index is 11.3. The summed E-state index contributed by atoms with van der Waals surface area (Å²) in [6, 6.07) is 7.92. The van der Waals surface area contributed by atoms with Crippen molar-refractivity contribution >= 4 is 16.9 Å². The van der Waals surface area contributed by atoms with E-state index < -0.39 is 11.9 Å². The van der Waals surface area contributed by atoms with E-state index in [4.69, 9.17) is 0 Å². The molecule has 3 heteroatoms. The minimum absolute atomic E-state index is 0.0882. The van der Waals surface area contributed by atoms with Gasteiger partial charge in [-0.2, -0.15) is 0 Å². The smallest absolute Gasteiger partial charge is 0.311 e. The molecular formula is C14H17NO2. The molecule has 0 fully saturated rings. The number of nitrogens with zero attached hydrogens (tertiary/aromatic N) is 1. The number of carboxylic acid groups (broad SMARTS) is 1. The first kappa shape index (κ1) is 11.7. The minimum Gasteiger partial charge on any atom is -0.481 e. The summed E-state index contributed by atoms with van der Waals surface area (Å²) in [6.45, 7) is 3.88. The Kier molecular flexibility index (Phi) is 2.92. The number of hydrogen-bond acceptors (Lipinski definition) is 1. The highest BCUT2D eigenvalue weighted by molar-refractivity contribution is 5.83. The zero-order chi connectivity index (χ0) is 12.6. The van der Waals surface area contributed by atoms with Gasteiger partial charge in [-0.1, -0.05) is 26.0 Å². The first-order valence-electron chi connectivity index (χ1n) is 5.78. The highest BCUT2D eigenvalue weighted by atomic mass is 16.4. The molecule has 2 aromatic rings. The number of carboxylic acids is 1. The topological polar surface area (TPSA) is 42.2 Å². The molecule has 1 aromatic carbocycles. The third-order valence-electron chi connectivity index (χ3n) is 3.20. The monoisotopic (exact) mass is 231 g/mol. The third kappa shape index (κ3) is 2.05. The summed E-state index contributed by atoms with van der Waals surface area (Å²) >= 11 is 0. The van der Waals surface area contributed by atoms with E-state index in [1.54, 1.807) is 0 Å². The van der Waals surface area contributed by atoms with Crippen LogP contribution in [0, 0.1) is 5.92 Å². The van der Waals surface area contributed by atoms with E-state index in [1.807, 2.05) is 55.9 Å². The molecule has 3 nitrogen and oxygen atoms in total. The van der Waals surface area contributed by atoms with Crippen LogP contribution < -0.4 is 0 Å². The van der Waals surface area contributed by atoms with E-state index in [2.05, 4.69) is 0 Å². The van der Waals surface area contributed by atoms with Crippen molar-refractivity contribution < 1.29 is 9.90 Å². The predicted octanol–water partition coefficient (Wildman–Crippen LogP) is 3.00. The molecule has 0 aliphatic carbocycles. The molecule has 1 heterocycles. The van der Waals surface area contributed by atoms with E-state index in [0.717, 1.165) is 16.5 Å². The van der Waals surface area contributed by atoms with Crippen molar-refractivity contribution in [3.05, 3.63) is 36.0 Å². The molecular weight excluding hydrogens is 214 g/mol. The average molecular weight is 231 g/mol. The average Bonchev–Trinajstić information content (AvgIpc) is 2.59. The summed E-state index contributed by atoms with van der Waals surface area (Å²) in [7, 11) is 1.97. The molecule has 2 rings (SSSR count). The van der Waals surface area contributed by atoms with Crippen molar-refractivity contribution in [3.8, 4) is 0 Å². The molecule has 0 amide bonds. The number of carbonyl (C=O) groups is 1.